The molecule has 0 spiro atoms. The maximum absolute atomic E-state index is 12.2. The summed E-state index contributed by atoms with van der Waals surface area (Å²) >= 11 is 3.53. The number of carbonyl (C=O) groups excluding carboxylic acids is 2. The molecule has 0 radical (unpaired) electrons. The predicted molar refractivity (Wildman–Crippen MR) is 84.5 cm³/mol. The van der Waals surface area contributed by atoms with Crippen LogP contribution in [0.2, 0.25) is 0 Å². The summed E-state index contributed by atoms with van der Waals surface area (Å²) in [5.41, 5.74) is 6.35. The summed E-state index contributed by atoms with van der Waals surface area (Å²) < 4.78 is 0.918. The lowest BCUT2D eigenvalue weighted by Crippen LogP contribution is -2.66. The highest BCUT2D eigenvalue weighted by Crippen LogP contribution is 2.35. The second-order valence-electron chi connectivity index (χ2n) is 5.89. The smallest absolute Gasteiger partial charge is 0.246 e. The molecule has 0 saturated carbocycles. The average Bonchev–Trinajstić information content (AvgIpc) is 2.38. The van der Waals surface area contributed by atoms with E-state index in [0.29, 0.717) is 0 Å². The van der Waals surface area contributed by atoms with Gasteiger partial charge in [-0.3, -0.25) is 19.8 Å². The lowest BCUT2D eigenvalue weighted by Gasteiger charge is -2.46. The third kappa shape index (κ3) is 3.02. The molecule has 1 aromatic rings. The van der Waals surface area contributed by atoms with Crippen LogP contribution in [0.15, 0.2) is 28.7 Å². The van der Waals surface area contributed by atoms with Crippen molar-refractivity contribution in [2.24, 2.45) is 5.73 Å². The molecule has 2 amide bonds. The van der Waals surface area contributed by atoms with Crippen LogP contribution in [0.3, 0.4) is 0 Å². The second kappa shape index (κ2) is 5.87. The molecule has 2 unspecified atom stereocenters. The Hall–Kier alpha value is -1.24. The van der Waals surface area contributed by atoms with Gasteiger partial charge in [-0.15, -0.1) is 0 Å². The number of nitrogens with zero attached hydrogens (tertiary/aromatic N) is 1. The quantitative estimate of drug-likeness (QED) is 0.808. The topological polar surface area (TPSA) is 75.4 Å². The van der Waals surface area contributed by atoms with Gasteiger partial charge in [0.05, 0.1) is 18.1 Å². The lowest BCUT2D eigenvalue weighted by atomic mass is 9.90. The molecule has 5 nitrogen and oxygen atoms in total. The van der Waals surface area contributed by atoms with Gasteiger partial charge in [-0.1, -0.05) is 34.1 Å². The Morgan fingerprint density at radius 2 is 1.95 bits per heavy atom. The molecular weight excluding hydrogens is 334 g/mol. The Balaban J connectivity index is 2.49. The first-order chi connectivity index (χ1) is 9.75. The summed E-state index contributed by atoms with van der Waals surface area (Å²) in [4.78, 5) is 25.8. The third-order valence-corrected chi connectivity index (χ3v) is 4.62. The number of hydrogen-bond acceptors (Lipinski definition) is 4. The number of imide groups is 1. The standard InChI is InChI=1S/C15H20BrN3O2/c1-9(17)13(10-6-4-5-7-11(10)16)19-8-12(20)18-14(21)15(19,2)3/h4-7,9,13H,8,17H2,1-3H3,(H,18,20,21). The first-order valence-corrected chi connectivity index (χ1v) is 7.65. The minimum Gasteiger partial charge on any atom is -0.326 e. The predicted octanol–water partition coefficient (Wildman–Crippen LogP) is 1.57. The van der Waals surface area contributed by atoms with E-state index in [1.165, 1.54) is 0 Å². The van der Waals surface area contributed by atoms with Gasteiger partial charge >= 0.3 is 0 Å². The summed E-state index contributed by atoms with van der Waals surface area (Å²) in [5.74, 6) is -0.589. The summed E-state index contributed by atoms with van der Waals surface area (Å²) in [5, 5.41) is 2.39. The molecule has 1 heterocycles. The van der Waals surface area contributed by atoms with Crippen molar-refractivity contribution in [1.82, 2.24) is 10.2 Å². The van der Waals surface area contributed by atoms with Gasteiger partial charge in [0.15, 0.2) is 0 Å². The Labute approximate surface area is 133 Å². The molecule has 0 aromatic heterocycles. The molecule has 2 rings (SSSR count). The van der Waals surface area contributed by atoms with E-state index in [2.05, 4.69) is 21.2 Å². The van der Waals surface area contributed by atoms with E-state index in [1.54, 1.807) is 13.8 Å². The zero-order valence-corrected chi connectivity index (χ0v) is 14.0. The maximum Gasteiger partial charge on any atom is 0.246 e. The Bertz CT molecular complexity index is 572. The highest BCUT2D eigenvalue weighted by molar-refractivity contribution is 9.10. The van der Waals surface area contributed by atoms with E-state index in [1.807, 2.05) is 36.1 Å². The average molecular weight is 354 g/mol. The lowest BCUT2D eigenvalue weighted by molar-refractivity contribution is -0.147. The van der Waals surface area contributed by atoms with Crippen molar-refractivity contribution in [3.63, 3.8) is 0 Å². The SMILES string of the molecule is CC(N)C(c1ccccc1Br)N1CC(=O)NC(=O)C1(C)C. The Kier molecular flexibility index (Phi) is 4.51. The summed E-state index contributed by atoms with van der Waals surface area (Å²) in [6.45, 7) is 5.64. The first-order valence-electron chi connectivity index (χ1n) is 6.86. The minimum absolute atomic E-state index is 0.145. The molecular formula is C15H20BrN3O2. The number of nitrogens with one attached hydrogen (secondary N) is 1. The monoisotopic (exact) mass is 353 g/mol. The van der Waals surface area contributed by atoms with Gasteiger partial charge < -0.3 is 5.73 Å². The molecule has 6 heteroatoms. The minimum atomic E-state index is -0.804. The summed E-state index contributed by atoms with van der Waals surface area (Å²) in [6, 6.07) is 7.28. The fourth-order valence-electron chi connectivity index (χ4n) is 2.70. The normalized spacial score (nSPS) is 21.8. The molecule has 0 bridgehead atoms. The van der Waals surface area contributed by atoms with Crippen molar-refractivity contribution in [1.29, 1.82) is 0 Å². The highest BCUT2D eigenvalue weighted by atomic mass is 79.9. The number of carbonyl (C=O) groups is 2. The number of rotatable bonds is 3. The maximum atomic E-state index is 12.2. The molecule has 1 aromatic carbocycles. The molecule has 21 heavy (non-hydrogen) atoms. The van der Waals surface area contributed by atoms with Crippen LogP contribution in [-0.4, -0.2) is 34.8 Å². The molecule has 1 aliphatic rings. The molecule has 1 fully saturated rings. The number of piperazine rings is 1. The van der Waals surface area contributed by atoms with Crippen LogP contribution in [0.25, 0.3) is 0 Å². The molecule has 1 saturated heterocycles. The summed E-state index contributed by atoms with van der Waals surface area (Å²) in [6.07, 6.45) is 0. The molecule has 114 valence electrons. The molecule has 1 aliphatic heterocycles. The largest absolute Gasteiger partial charge is 0.326 e. The zero-order chi connectivity index (χ0) is 15.8. The van der Waals surface area contributed by atoms with Crippen molar-refractivity contribution in [2.75, 3.05) is 6.54 Å². The molecule has 2 atom stereocenters. The Morgan fingerprint density at radius 1 is 1.33 bits per heavy atom. The van der Waals surface area contributed by atoms with Gasteiger partial charge in [0.1, 0.15) is 0 Å². The van der Waals surface area contributed by atoms with Crippen LogP contribution in [0.1, 0.15) is 32.4 Å². The van der Waals surface area contributed by atoms with Gasteiger partial charge in [-0.25, -0.2) is 0 Å². The van der Waals surface area contributed by atoms with Crippen LogP contribution in [-0.2, 0) is 9.59 Å². The third-order valence-electron chi connectivity index (χ3n) is 3.90. The van der Waals surface area contributed by atoms with Crippen molar-refractivity contribution in [3.8, 4) is 0 Å². The second-order valence-corrected chi connectivity index (χ2v) is 6.74. The molecule has 0 aliphatic carbocycles. The van der Waals surface area contributed by atoms with Crippen molar-refractivity contribution in [3.05, 3.63) is 34.3 Å². The van der Waals surface area contributed by atoms with Gasteiger partial charge in [0.2, 0.25) is 11.8 Å². The van der Waals surface area contributed by atoms with E-state index in [-0.39, 0.29) is 30.4 Å². The van der Waals surface area contributed by atoms with Crippen molar-refractivity contribution in [2.45, 2.75) is 38.4 Å². The van der Waals surface area contributed by atoms with E-state index in [0.717, 1.165) is 10.0 Å². The van der Waals surface area contributed by atoms with Gasteiger partial charge in [-0.05, 0) is 32.4 Å². The van der Waals surface area contributed by atoms with Crippen LogP contribution in [0.4, 0.5) is 0 Å². The van der Waals surface area contributed by atoms with E-state index < -0.39 is 5.54 Å². The highest BCUT2D eigenvalue weighted by Gasteiger charge is 2.45. The van der Waals surface area contributed by atoms with Crippen molar-refractivity contribution < 1.29 is 9.59 Å². The van der Waals surface area contributed by atoms with Crippen molar-refractivity contribution >= 4 is 27.7 Å². The van der Waals surface area contributed by atoms with Crippen LogP contribution in [0.5, 0.6) is 0 Å². The van der Waals surface area contributed by atoms with Crippen LogP contribution < -0.4 is 11.1 Å². The fraction of sp³-hybridized carbons (Fsp3) is 0.467. The van der Waals surface area contributed by atoms with Gasteiger partial charge in [-0.2, -0.15) is 0 Å². The van der Waals surface area contributed by atoms with Crippen LogP contribution >= 0.6 is 15.9 Å². The number of hydrogen-bond donors (Lipinski definition) is 2. The van der Waals surface area contributed by atoms with E-state index >= 15 is 0 Å². The number of amides is 2. The fourth-order valence-corrected chi connectivity index (χ4v) is 3.22. The molecule has 3 N–H and O–H groups in total. The number of nitrogens with two attached hydrogens (primary N) is 1. The van der Waals surface area contributed by atoms with Crippen LogP contribution in [0, 0.1) is 0 Å². The number of benzene rings is 1. The zero-order valence-electron chi connectivity index (χ0n) is 12.4. The first kappa shape index (κ1) is 16.1. The van der Waals surface area contributed by atoms with Gasteiger partial charge in [0.25, 0.3) is 0 Å². The number of halogens is 1. The van der Waals surface area contributed by atoms with E-state index in [9.17, 15) is 9.59 Å². The summed E-state index contributed by atoms with van der Waals surface area (Å²) in [7, 11) is 0. The Morgan fingerprint density at radius 3 is 2.52 bits per heavy atom. The van der Waals surface area contributed by atoms with Gasteiger partial charge in [0, 0.05) is 10.5 Å². The van der Waals surface area contributed by atoms with E-state index in [4.69, 9.17) is 5.73 Å².